The molecule has 3 heteroatoms. The third-order valence-corrected chi connectivity index (χ3v) is 4.19. The van der Waals surface area contributed by atoms with Crippen LogP contribution in [0.4, 0.5) is 5.69 Å². The highest BCUT2D eigenvalue weighted by Gasteiger charge is 2.26. The summed E-state index contributed by atoms with van der Waals surface area (Å²) in [4.78, 5) is 12.6. The van der Waals surface area contributed by atoms with Crippen LogP contribution in [-0.4, -0.2) is 5.91 Å². The van der Waals surface area contributed by atoms with Crippen molar-refractivity contribution in [2.24, 2.45) is 0 Å². The van der Waals surface area contributed by atoms with Gasteiger partial charge in [-0.05, 0) is 48.1 Å². The number of rotatable bonds is 3. The van der Waals surface area contributed by atoms with E-state index in [-0.39, 0.29) is 11.8 Å². The summed E-state index contributed by atoms with van der Waals surface area (Å²) in [6, 6.07) is 17.8. The largest absolute Gasteiger partial charge is 0.326 e. The second kappa shape index (κ2) is 6.44. The Hall–Kier alpha value is -2.60. The van der Waals surface area contributed by atoms with Crippen LogP contribution >= 0.6 is 0 Å². The number of aryl methyl sites for hydroxylation is 1. The molecule has 1 amide bonds. The van der Waals surface area contributed by atoms with Crippen LogP contribution in [0.25, 0.3) is 0 Å². The summed E-state index contributed by atoms with van der Waals surface area (Å²) in [6.45, 7) is 0. The summed E-state index contributed by atoms with van der Waals surface area (Å²) >= 11 is 0. The molecule has 0 spiro atoms. The highest BCUT2D eigenvalue weighted by molar-refractivity contribution is 5.96. The number of nitriles is 1. The zero-order valence-electron chi connectivity index (χ0n) is 12.4. The number of fused-ring (bicyclic) bond motifs is 1. The third kappa shape index (κ3) is 3.01. The Bertz CT molecular complexity index is 713. The van der Waals surface area contributed by atoms with Gasteiger partial charge in [0.2, 0.25) is 5.91 Å². The highest BCUT2D eigenvalue weighted by atomic mass is 16.1. The Morgan fingerprint density at radius 3 is 2.73 bits per heavy atom. The fraction of sp³-hybridized carbons (Fsp3) is 0.263. The maximum atomic E-state index is 12.6. The number of hydrogen-bond donors (Lipinski definition) is 1. The number of carbonyl (C=O) groups excluding carboxylic acids is 1. The molecule has 0 saturated heterocycles. The fourth-order valence-electron chi connectivity index (χ4n) is 3.05. The first-order valence-corrected chi connectivity index (χ1v) is 7.62. The van der Waals surface area contributed by atoms with E-state index in [0.29, 0.717) is 6.42 Å². The van der Waals surface area contributed by atoms with E-state index in [0.717, 1.165) is 36.1 Å². The summed E-state index contributed by atoms with van der Waals surface area (Å²) in [5.41, 5.74) is 4.20. The second-order valence-corrected chi connectivity index (χ2v) is 5.66. The maximum Gasteiger partial charge on any atom is 0.231 e. The van der Waals surface area contributed by atoms with E-state index < -0.39 is 0 Å². The predicted molar refractivity (Wildman–Crippen MR) is 86.5 cm³/mol. The lowest BCUT2D eigenvalue weighted by Gasteiger charge is -2.24. The summed E-state index contributed by atoms with van der Waals surface area (Å²) in [5.74, 6) is -0.0103. The van der Waals surface area contributed by atoms with Gasteiger partial charge in [0, 0.05) is 5.69 Å². The van der Waals surface area contributed by atoms with Crippen molar-refractivity contribution in [3.8, 4) is 6.07 Å². The molecule has 0 aromatic heterocycles. The topological polar surface area (TPSA) is 52.9 Å². The zero-order valence-corrected chi connectivity index (χ0v) is 12.4. The van der Waals surface area contributed by atoms with E-state index in [9.17, 15) is 4.79 Å². The Kier molecular flexibility index (Phi) is 4.20. The van der Waals surface area contributed by atoms with E-state index >= 15 is 0 Å². The van der Waals surface area contributed by atoms with E-state index in [1.54, 1.807) is 0 Å². The van der Waals surface area contributed by atoms with Crippen LogP contribution in [0.1, 0.15) is 35.4 Å². The maximum absolute atomic E-state index is 12.6. The van der Waals surface area contributed by atoms with Gasteiger partial charge in [0.05, 0.1) is 18.4 Å². The second-order valence-electron chi connectivity index (χ2n) is 5.66. The summed E-state index contributed by atoms with van der Waals surface area (Å²) in [6.07, 6.45) is 3.40. The molecule has 0 heterocycles. The molecule has 110 valence electrons. The number of nitrogens with one attached hydrogen (secondary N) is 1. The number of carbonyl (C=O) groups is 1. The fourth-order valence-corrected chi connectivity index (χ4v) is 3.05. The molecular formula is C19H18N2O. The molecule has 0 bridgehead atoms. The minimum absolute atomic E-state index is 0.0557. The van der Waals surface area contributed by atoms with Crippen molar-refractivity contribution in [2.75, 3.05) is 5.32 Å². The molecule has 3 rings (SSSR count). The number of hydrogen-bond acceptors (Lipinski definition) is 2. The van der Waals surface area contributed by atoms with Gasteiger partial charge in [0.1, 0.15) is 0 Å². The van der Waals surface area contributed by atoms with Gasteiger partial charge in [-0.2, -0.15) is 5.26 Å². The molecule has 0 fully saturated rings. The molecule has 1 atom stereocenters. The van der Waals surface area contributed by atoms with Crippen LogP contribution in [0.5, 0.6) is 0 Å². The summed E-state index contributed by atoms with van der Waals surface area (Å²) < 4.78 is 0. The molecule has 1 aliphatic rings. The van der Waals surface area contributed by atoms with E-state index in [4.69, 9.17) is 5.26 Å². The first-order valence-electron chi connectivity index (χ1n) is 7.62. The van der Waals surface area contributed by atoms with Crippen molar-refractivity contribution >= 4 is 11.6 Å². The monoisotopic (exact) mass is 290 g/mol. The first kappa shape index (κ1) is 14.3. The van der Waals surface area contributed by atoms with Crippen LogP contribution in [0, 0.1) is 11.3 Å². The number of benzene rings is 2. The average Bonchev–Trinajstić information content (AvgIpc) is 2.56. The van der Waals surface area contributed by atoms with Crippen molar-refractivity contribution in [1.29, 1.82) is 5.26 Å². The summed E-state index contributed by atoms with van der Waals surface area (Å²) in [5, 5.41) is 11.7. The summed E-state index contributed by atoms with van der Waals surface area (Å²) in [7, 11) is 0. The Morgan fingerprint density at radius 2 is 1.95 bits per heavy atom. The van der Waals surface area contributed by atoms with Crippen LogP contribution in [0.15, 0.2) is 48.5 Å². The van der Waals surface area contributed by atoms with Crippen LogP contribution < -0.4 is 5.32 Å². The Balaban J connectivity index is 1.74. The minimum atomic E-state index is -0.0660. The van der Waals surface area contributed by atoms with Gasteiger partial charge in [0.15, 0.2) is 0 Å². The lowest BCUT2D eigenvalue weighted by molar-refractivity contribution is -0.117. The quantitative estimate of drug-likeness (QED) is 0.934. The first-order chi connectivity index (χ1) is 10.8. The van der Waals surface area contributed by atoms with Crippen molar-refractivity contribution in [3.63, 3.8) is 0 Å². The molecule has 0 aliphatic heterocycles. The van der Waals surface area contributed by atoms with E-state index in [1.165, 1.54) is 5.56 Å². The Morgan fingerprint density at radius 1 is 1.18 bits per heavy atom. The SMILES string of the molecule is N#CCc1ccc(NC(=O)C2CCCc3ccccc32)cc1. The van der Waals surface area contributed by atoms with E-state index in [2.05, 4.69) is 23.5 Å². The number of anilines is 1. The van der Waals surface area contributed by atoms with Crippen LogP contribution in [0.2, 0.25) is 0 Å². The van der Waals surface area contributed by atoms with Gasteiger partial charge in [0.25, 0.3) is 0 Å². The van der Waals surface area contributed by atoms with Crippen molar-refractivity contribution in [1.82, 2.24) is 0 Å². The van der Waals surface area contributed by atoms with Gasteiger partial charge in [-0.1, -0.05) is 36.4 Å². The molecule has 3 nitrogen and oxygen atoms in total. The lowest BCUT2D eigenvalue weighted by Crippen LogP contribution is -2.24. The predicted octanol–water partition coefficient (Wildman–Crippen LogP) is 3.81. The molecule has 2 aromatic carbocycles. The zero-order chi connectivity index (χ0) is 15.4. The molecular weight excluding hydrogens is 272 g/mol. The molecule has 1 unspecified atom stereocenters. The standard InChI is InChI=1S/C19H18N2O/c20-13-12-14-8-10-16(11-9-14)21-19(22)18-7-3-5-15-4-1-2-6-17(15)18/h1-2,4,6,8-11,18H,3,5,7,12H2,(H,21,22). The van der Waals surface area contributed by atoms with Crippen LogP contribution in [0.3, 0.4) is 0 Å². The molecule has 22 heavy (non-hydrogen) atoms. The van der Waals surface area contributed by atoms with Crippen molar-refractivity contribution in [2.45, 2.75) is 31.6 Å². The van der Waals surface area contributed by atoms with Gasteiger partial charge in [-0.3, -0.25) is 4.79 Å². The smallest absolute Gasteiger partial charge is 0.231 e. The van der Waals surface area contributed by atoms with Gasteiger partial charge < -0.3 is 5.32 Å². The molecule has 0 radical (unpaired) electrons. The Labute approximate surface area is 130 Å². The van der Waals surface area contributed by atoms with Gasteiger partial charge >= 0.3 is 0 Å². The molecule has 1 aliphatic carbocycles. The average molecular weight is 290 g/mol. The van der Waals surface area contributed by atoms with E-state index in [1.807, 2.05) is 36.4 Å². The molecule has 0 saturated carbocycles. The third-order valence-electron chi connectivity index (χ3n) is 4.19. The molecule has 1 N–H and O–H groups in total. The van der Waals surface area contributed by atoms with Crippen molar-refractivity contribution in [3.05, 3.63) is 65.2 Å². The molecule has 2 aromatic rings. The lowest BCUT2D eigenvalue weighted by atomic mass is 9.82. The minimum Gasteiger partial charge on any atom is -0.326 e. The van der Waals surface area contributed by atoms with Crippen LogP contribution in [-0.2, 0) is 17.6 Å². The van der Waals surface area contributed by atoms with Gasteiger partial charge in [-0.25, -0.2) is 0 Å². The van der Waals surface area contributed by atoms with Crippen molar-refractivity contribution < 1.29 is 4.79 Å². The highest BCUT2D eigenvalue weighted by Crippen LogP contribution is 2.32. The number of nitrogens with zero attached hydrogens (tertiary/aromatic N) is 1. The van der Waals surface area contributed by atoms with Gasteiger partial charge in [-0.15, -0.1) is 0 Å². The number of amides is 1. The normalized spacial score (nSPS) is 16.4.